The quantitative estimate of drug-likeness (QED) is 0.560. The summed E-state index contributed by atoms with van der Waals surface area (Å²) in [5.74, 6) is -0.824. The predicted octanol–water partition coefficient (Wildman–Crippen LogP) is 0.459. The molecule has 1 rings (SSSR count). The van der Waals surface area contributed by atoms with E-state index < -0.39 is 5.97 Å². The lowest BCUT2D eigenvalue weighted by Gasteiger charge is -2.24. The second-order valence-corrected chi connectivity index (χ2v) is 2.92. The number of hydrogen-bond acceptors (Lipinski definition) is 2. The molecule has 0 amide bonds. The van der Waals surface area contributed by atoms with Crippen LogP contribution in [0.1, 0.15) is 19.8 Å². The Morgan fingerprint density at radius 3 is 2.70 bits per heavy atom. The number of hydrogen-bond donors (Lipinski definition) is 2. The van der Waals surface area contributed by atoms with Crippen molar-refractivity contribution in [2.45, 2.75) is 25.8 Å². The van der Waals surface area contributed by atoms with Gasteiger partial charge >= 0.3 is 5.97 Å². The van der Waals surface area contributed by atoms with E-state index in [9.17, 15) is 4.79 Å². The summed E-state index contributed by atoms with van der Waals surface area (Å²) < 4.78 is 0. The van der Waals surface area contributed by atoms with Crippen LogP contribution in [0.2, 0.25) is 0 Å². The van der Waals surface area contributed by atoms with Crippen LogP contribution in [-0.4, -0.2) is 23.7 Å². The molecule has 1 heterocycles. The molecule has 0 radical (unpaired) electrons. The summed E-state index contributed by atoms with van der Waals surface area (Å²) >= 11 is 0. The van der Waals surface area contributed by atoms with Crippen molar-refractivity contribution >= 4 is 5.97 Å². The first-order valence-electron chi connectivity index (χ1n) is 3.66. The zero-order valence-corrected chi connectivity index (χ0v) is 6.13. The molecule has 0 aliphatic carbocycles. The Morgan fingerprint density at radius 1 is 1.60 bits per heavy atom. The molecule has 0 spiro atoms. The monoisotopic (exact) mass is 143 g/mol. The van der Waals surface area contributed by atoms with Gasteiger partial charge in [-0.25, -0.2) is 0 Å². The summed E-state index contributed by atoms with van der Waals surface area (Å²) in [7, 11) is 0. The zero-order valence-electron chi connectivity index (χ0n) is 6.13. The average molecular weight is 143 g/mol. The largest absolute Gasteiger partial charge is 0.481 e. The number of aliphatic carboxylic acids is 1. The summed E-state index contributed by atoms with van der Waals surface area (Å²) in [6, 6.07) is 0.496. The highest BCUT2D eigenvalue weighted by molar-refractivity contribution is 5.70. The molecule has 10 heavy (non-hydrogen) atoms. The summed E-state index contributed by atoms with van der Waals surface area (Å²) in [6.45, 7) is 2.72. The summed E-state index contributed by atoms with van der Waals surface area (Å²) in [6.07, 6.45) is 1.81. The van der Waals surface area contributed by atoms with E-state index in [0.717, 1.165) is 12.8 Å². The molecule has 1 aliphatic rings. The van der Waals surface area contributed by atoms with Crippen LogP contribution in [0.5, 0.6) is 0 Å². The Morgan fingerprint density at radius 2 is 2.30 bits per heavy atom. The van der Waals surface area contributed by atoms with Crippen LogP contribution in [0.25, 0.3) is 0 Å². The van der Waals surface area contributed by atoms with Gasteiger partial charge in [-0.05, 0) is 19.8 Å². The number of carboxylic acid groups (broad SMARTS) is 1. The maximum Gasteiger partial charge on any atom is 0.307 e. The summed E-state index contributed by atoms with van der Waals surface area (Å²) in [4.78, 5) is 10.4. The van der Waals surface area contributed by atoms with Crippen molar-refractivity contribution < 1.29 is 9.90 Å². The van der Waals surface area contributed by atoms with E-state index in [1.807, 2.05) is 0 Å². The van der Waals surface area contributed by atoms with Gasteiger partial charge in [0.05, 0.1) is 5.92 Å². The number of carboxylic acids is 1. The third-order valence-corrected chi connectivity index (χ3v) is 2.01. The first-order chi connectivity index (χ1) is 4.70. The molecule has 1 fully saturated rings. The van der Waals surface area contributed by atoms with Gasteiger partial charge in [-0.3, -0.25) is 4.79 Å². The van der Waals surface area contributed by atoms with Gasteiger partial charge in [-0.15, -0.1) is 0 Å². The zero-order chi connectivity index (χ0) is 7.56. The third-order valence-electron chi connectivity index (χ3n) is 2.01. The molecule has 1 saturated heterocycles. The van der Waals surface area contributed by atoms with E-state index in [0.29, 0.717) is 12.6 Å². The average Bonchev–Trinajstić information content (AvgIpc) is 1.88. The lowest BCUT2D eigenvalue weighted by molar-refractivity contribution is -0.142. The van der Waals surface area contributed by atoms with E-state index in [2.05, 4.69) is 12.2 Å². The topological polar surface area (TPSA) is 49.3 Å². The second kappa shape index (κ2) is 3.01. The minimum absolute atomic E-state index is 0.156. The molecule has 3 heteroatoms. The lowest BCUT2D eigenvalue weighted by Crippen LogP contribution is -2.39. The molecule has 0 saturated carbocycles. The van der Waals surface area contributed by atoms with E-state index in [1.54, 1.807) is 0 Å². The Kier molecular flexibility index (Phi) is 2.27. The highest BCUT2D eigenvalue weighted by Crippen LogP contribution is 2.13. The van der Waals surface area contributed by atoms with Crippen molar-refractivity contribution in [1.82, 2.24) is 5.32 Å². The van der Waals surface area contributed by atoms with Crippen molar-refractivity contribution in [2.75, 3.05) is 6.54 Å². The maximum atomic E-state index is 10.4. The molecule has 58 valence electrons. The van der Waals surface area contributed by atoms with Crippen LogP contribution in [-0.2, 0) is 4.79 Å². The van der Waals surface area contributed by atoms with Crippen molar-refractivity contribution in [3.63, 3.8) is 0 Å². The van der Waals surface area contributed by atoms with Crippen LogP contribution in [0.3, 0.4) is 0 Å². The SMILES string of the molecule is C[C@@H]1CC[C@@H](C(=O)O)CN1. The summed E-state index contributed by atoms with van der Waals surface area (Å²) in [5, 5.41) is 11.7. The number of rotatable bonds is 1. The Balaban J connectivity index is 2.33. The van der Waals surface area contributed by atoms with E-state index in [4.69, 9.17) is 5.11 Å². The molecule has 1 aliphatic heterocycles. The Hall–Kier alpha value is -0.570. The van der Waals surface area contributed by atoms with Gasteiger partial charge in [0.2, 0.25) is 0 Å². The normalized spacial score (nSPS) is 33.7. The molecule has 2 N–H and O–H groups in total. The van der Waals surface area contributed by atoms with Crippen molar-refractivity contribution in [2.24, 2.45) is 5.92 Å². The molecule has 0 unspecified atom stereocenters. The van der Waals surface area contributed by atoms with Crippen LogP contribution < -0.4 is 5.32 Å². The van der Waals surface area contributed by atoms with E-state index >= 15 is 0 Å². The van der Waals surface area contributed by atoms with Gasteiger partial charge in [-0.2, -0.15) is 0 Å². The van der Waals surface area contributed by atoms with Crippen LogP contribution in [0.4, 0.5) is 0 Å². The number of piperidine rings is 1. The third kappa shape index (κ3) is 1.70. The van der Waals surface area contributed by atoms with E-state index in [1.165, 1.54) is 0 Å². The van der Waals surface area contributed by atoms with Gasteiger partial charge in [0, 0.05) is 12.6 Å². The van der Waals surface area contributed by atoms with Gasteiger partial charge in [0.25, 0.3) is 0 Å². The molecule has 3 nitrogen and oxygen atoms in total. The number of carbonyl (C=O) groups is 1. The predicted molar refractivity (Wildman–Crippen MR) is 37.8 cm³/mol. The minimum Gasteiger partial charge on any atom is -0.481 e. The minimum atomic E-state index is -0.667. The smallest absolute Gasteiger partial charge is 0.307 e. The number of nitrogens with one attached hydrogen (secondary N) is 1. The summed E-state index contributed by atoms with van der Waals surface area (Å²) in [5.41, 5.74) is 0. The molecular formula is C7H13NO2. The second-order valence-electron chi connectivity index (χ2n) is 2.92. The first kappa shape index (κ1) is 7.54. The van der Waals surface area contributed by atoms with E-state index in [-0.39, 0.29) is 5.92 Å². The fourth-order valence-corrected chi connectivity index (χ4v) is 1.21. The van der Waals surface area contributed by atoms with Crippen molar-refractivity contribution in [1.29, 1.82) is 0 Å². The van der Waals surface area contributed by atoms with Gasteiger partial charge in [0.15, 0.2) is 0 Å². The molecule has 0 aromatic heterocycles. The first-order valence-corrected chi connectivity index (χ1v) is 3.66. The molecular weight excluding hydrogens is 130 g/mol. The maximum absolute atomic E-state index is 10.4. The molecule has 0 aromatic rings. The molecule has 0 aromatic carbocycles. The fourth-order valence-electron chi connectivity index (χ4n) is 1.21. The Labute approximate surface area is 60.4 Å². The van der Waals surface area contributed by atoms with Gasteiger partial charge in [0.1, 0.15) is 0 Å². The standard InChI is InChI=1S/C7H13NO2/c1-5-2-3-6(4-8-5)7(9)10/h5-6,8H,2-4H2,1H3,(H,9,10)/t5-,6-/m1/s1. The van der Waals surface area contributed by atoms with Crippen LogP contribution in [0.15, 0.2) is 0 Å². The fraction of sp³-hybridized carbons (Fsp3) is 0.857. The van der Waals surface area contributed by atoms with Crippen molar-refractivity contribution in [3.05, 3.63) is 0 Å². The molecule has 2 atom stereocenters. The lowest BCUT2D eigenvalue weighted by atomic mass is 9.96. The molecule has 0 bridgehead atoms. The van der Waals surface area contributed by atoms with Gasteiger partial charge in [-0.1, -0.05) is 0 Å². The van der Waals surface area contributed by atoms with Crippen LogP contribution in [0, 0.1) is 5.92 Å². The van der Waals surface area contributed by atoms with Gasteiger partial charge < -0.3 is 10.4 Å². The Bertz CT molecular complexity index is 128. The van der Waals surface area contributed by atoms with Crippen LogP contribution >= 0.6 is 0 Å². The highest BCUT2D eigenvalue weighted by atomic mass is 16.4. The van der Waals surface area contributed by atoms with Crippen molar-refractivity contribution in [3.8, 4) is 0 Å². The highest BCUT2D eigenvalue weighted by Gasteiger charge is 2.22.